The molecule has 0 radical (unpaired) electrons. The van der Waals surface area contributed by atoms with E-state index in [1.165, 1.54) is 6.20 Å². The van der Waals surface area contributed by atoms with E-state index in [4.69, 9.17) is 11.5 Å². The van der Waals surface area contributed by atoms with Crippen LogP contribution < -0.4 is 11.5 Å². The summed E-state index contributed by atoms with van der Waals surface area (Å²) in [6.45, 7) is 0. The zero-order chi connectivity index (χ0) is 4.28. The van der Waals surface area contributed by atoms with Crippen LogP contribution in [0.5, 0.6) is 0 Å². The SMILES string of the molecule is N/C=C(\N)I. The molecule has 30 valence electrons. The molecule has 0 amide bonds. The first-order chi connectivity index (χ1) is 2.27. The number of hydrogen-bond acceptors (Lipinski definition) is 2. The number of hydrogen-bond donors (Lipinski definition) is 2. The Morgan fingerprint density at radius 3 is 2.00 bits per heavy atom. The van der Waals surface area contributed by atoms with Crippen LogP contribution in [0.3, 0.4) is 0 Å². The third-order valence-electron chi connectivity index (χ3n) is 0.159. The standard InChI is InChI=1S/C2H5IN2/c3-2(5)1-4/h1H,4-5H2/b2-1-. The number of rotatable bonds is 0. The Bertz CT molecular complexity index is 45.6. The second-order valence-electron chi connectivity index (χ2n) is 0.552. The zero-order valence-electron chi connectivity index (χ0n) is 2.61. The van der Waals surface area contributed by atoms with Gasteiger partial charge in [-0.1, -0.05) is 0 Å². The molecule has 0 aromatic rings. The highest BCUT2D eigenvalue weighted by Gasteiger charge is 1.63. The maximum Gasteiger partial charge on any atom is 0.0862 e. The van der Waals surface area contributed by atoms with E-state index >= 15 is 0 Å². The second-order valence-corrected chi connectivity index (χ2v) is 1.80. The molecule has 0 atom stereocenters. The van der Waals surface area contributed by atoms with Gasteiger partial charge in [0.25, 0.3) is 0 Å². The van der Waals surface area contributed by atoms with Crippen molar-refractivity contribution >= 4 is 22.6 Å². The monoisotopic (exact) mass is 184 g/mol. The molecular formula is C2H5IN2. The van der Waals surface area contributed by atoms with Crippen LogP contribution in [-0.2, 0) is 0 Å². The highest BCUT2D eigenvalue weighted by molar-refractivity contribution is 14.1. The highest BCUT2D eigenvalue weighted by Crippen LogP contribution is 1.88. The van der Waals surface area contributed by atoms with Crippen molar-refractivity contribution in [3.63, 3.8) is 0 Å². The van der Waals surface area contributed by atoms with Crippen LogP contribution in [0.1, 0.15) is 0 Å². The predicted molar refractivity (Wildman–Crippen MR) is 30.5 cm³/mol. The van der Waals surface area contributed by atoms with E-state index < -0.39 is 0 Å². The second kappa shape index (κ2) is 2.32. The van der Waals surface area contributed by atoms with Gasteiger partial charge in [-0.15, -0.1) is 0 Å². The first-order valence-corrected chi connectivity index (χ1v) is 2.18. The molecule has 0 fully saturated rings. The Morgan fingerprint density at radius 2 is 2.00 bits per heavy atom. The number of halogens is 1. The lowest BCUT2D eigenvalue weighted by Crippen LogP contribution is -1.89. The van der Waals surface area contributed by atoms with Gasteiger partial charge in [-0.3, -0.25) is 0 Å². The largest absolute Gasteiger partial charge is 0.403 e. The van der Waals surface area contributed by atoms with Gasteiger partial charge >= 0.3 is 0 Å². The first kappa shape index (κ1) is 5.07. The molecule has 0 rings (SSSR count). The minimum absolute atomic E-state index is 0.627. The molecule has 2 nitrogen and oxygen atoms in total. The fourth-order valence-corrected chi connectivity index (χ4v) is 0. The molecule has 4 N–H and O–H groups in total. The molecule has 0 heterocycles. The van der Waals surface area contributed by atoms with Crippen molar-refractivity contribution in [2.45, 2.75) is 0 Å². The number of nitrogens with two attached hydrogens (primary N) is 2. The van der Waals surface area contributed by atoms with Gasteiger partial charge in [-0.2, -0.15) is 0 Å². The molecule has 0 spiro atoms. The van der Waals surface area contributed by atoms with Gasteiger partial charge in [0.05, 0.1) is 3.70 Å². The van der Waals surface area contributed by atoms with Crippen molar-refractivity contribution in [1.82, 2.24) is 0 Å². The Kier molecular flexibility index (Phi) is 2.35. The van der Waals surface area contributed by atoms with Crippen LogP contribution in [0.4, 0.5) is 0 Å². The molecule has 3 heteroatoms. The van der Waals surface area contributed by atoms with Crippen molar-refractivity contribution in [3.8, 4) is 0 Å². The van der Waals surface area contributed by atoms with E-state index in [2.05, 4.69) is 0 Å². The summed E-state index contributed by atoms with van der Waals surface area (Å²) in [5.74, 6) is 0. The van der Waals surface area contributed by atoms with Gasteiger partial charge in [-0.05, 0) is 22.6 Å². The molecule has 5 heavy (non-hydrogen) atoms. The van der Waals surface area contributed by atoms with Crippen LogP contribution in [0.2, 0.25) is 0 Å². The lowest BCUT2D eigenvalue weighted by molar-refractivity contribution is 1.48. The minimum atomic E-state index is 0.627. The lowest BCUT2D eigenvalue weighted by Gasteiger charge is -1.74. The fourth-order valence-electron chi connectivity index (χ4n) is 0. The predicted octanol–water partition coefficient (Wildman–Crippen LogP) is 0.138. The van der Waals surface area contributed by atoms with E-state index in [1.54, 1.807) is 0 Å². The molecule has 0 unspecified atom stereocenters. The molecular weight excluding hydrogens is 179 g/mol. The summed E-state index contributed by atoms with van der Waals surface area (Å²) in [7, 11) is 0. The summed E-state index contributed by atoms with van der Waals surface area (Å²) in [4.78, 5) is 0. The van der Waals surface area contributed by atoms with Crippen molar-refractivity contribution < 1.29 is 0 Å². The topological polar surface area (TPSA) is 52.0 Å². The van der Waals surface area contributed by atoms with E-state index in [9.17, 15) is 0 Å². The van der Waals surface area contributed by atoms with Crippen LogP contribution in [-0.4, -0.2) is 0 Å². The Labute approximate surface area is 44.4 Å². The molecule has 0 aromatic carbocycles. The van der Waals surface area contributed by atoms with Crippen LogP contribution >= 0.6 is 22.6 Å². The summed E-state index contributed by atoms with van der Waals surface area (Å²) in [6.07, 6.45) is 1.35. The highest BCUT2D eigenvalue weighted by atomic mass is 127. The molecule has 0 aliphatic carbocycles. The molecule has 0 saturated heterocycles. The third kappa shape index (κ3) is 4.07. The van der Waals surface area contributed by atoms with E-state index in [-0.39, 0.29) is 0 Å². The Morgan fingerprint density at radius 1 is 1.80 bits per heavy atom. The lowest BCUT2D eigenvalue weighted by atomic mass is 11.0. The average Bonchev–Trinajstić information content (AvgIpc) is 1.38. The van der Waals surface area contributed by atoms with Gasteiger partial charge in [0.15, 0.2) is 0 Å². The van der Waals surface area contributed by atoms with E-state index in [1.807, 2.05) is 22.6 Å². The maximum atomic E-state index is 5.01. The smallest absolute Gasteiger partial charge is 0.0862 e. The minimum Gasteiger partial charge on any atom is -0.403 e. The Hall–Kier alpha value is 0.0700. The summed E-state index contributed by atoms with van der Waals surface area (Å²) < 4.78 is 0.627. The maximum absolute atomic E-state index is 5.01. The van der Waals surface area contributed by atoms with E-state index in [0.29, 0.717) is 3.70 Å². The normalized spacial score (nSPS) is 11.8. The Balaban J connectivity index is 3.14. The van der Waals surface area contributed by atoms with Crippen molar-refractivity contribution in [2.24, 2.45) is 11.5 Å². The van der Waals surface area contributed by atoms with E-state index in [0.717, 1.165) is 0 Å². The van der Waals surface area contributed by atoms with Crippen molar-refractivity contribution in [2.75, 3.05) is 0 Å². The van der Waals surface area contributed by atoms with Crippen molar-refractivity contribution in [1.29, 1.82) is 0 Å². The van der Waals surface area contributed by atoms with Crippen LogP contribution in [0, 0.1) is 0 Å². The summed E-state index contributed by atoms with van der Waals surface area (Å²) in [6, 6.07) is 0. The zero-order valence-corrected chi connectivity index (χ0v) is 4.77. The van der Waals surface area contributed by atoms with Crippen LogP contribution in [0.15, 0.2) is 9.90 Å². The quantitative estimate of drug-likeness (QED) is 0.415. The molecule has 0 bridgehead atoms. The summed E-state index contributed by atoms with van der Waals surface area (Å²) in [5.41, 5.74) is 9.89. The van der Waals surface area contributed by atoms with Crippen LogP contribution in [0.25, 0.3) is 0 Å². The van der Waals surface area contributed by atoms with Gasteiger partial charge in [0, 0.05) is 6.20 Å². The van der Waals surface area contributed by atoms with Gasteiger partial charge < -0.3 is 11.5 Å². The summed E-state index contributed by atoms with van der Waals surface area (Å²) in [5, 5.41) is 0. The third-order valence-corrected chi connectivity index (χ3v) is 0.519. The van der Waals surface area contributed by atoms with Gasteiger partial charge in [0.2, 0.25) is 0 Å². The molecule has 0 saturated carbocycles. The van der Waals surface area contributed by atoms with Crippen molar-refractivity contribution in [3.05, 3.63) is 9.90 Å². The van der Waals surface area contributed by atoms with Gasteiger partial charge in [0.1, 0.15) is 0 Å². The molecule has 0 aliphatic rings. The van der Waals surface area contributed by atoms with Gasteiger partial charge in [-0.25, -0.2) is 0 Å². The first-order valence-electron chi connectivity index (χ1n) is 1.10. The molecule has 0 aliphatic heterocycles. The average molecular weight is 184 g/mol. The fraction of sp³-hybridized carbons (Fsp3) is 0. The molecule has 0 aromatic heterocycles. The summed E-state index contributed by atoms with van der Waals surface area (Å²) >= 11 is 1.92.